The lowest BCUT2D eigenvalue weighted by Crippen LogP contribution is -2.44. The lowest BCUT2D eigenvalue weighted by atomic mass is 10.0. The van der Waals surface area contributed by atoms with Gasteiger partial charge in [0, 0.05) is 36.2 Å². The van der Waals surface area contributed by atoms with E-state index in [4.69, 9.17) is 0 Å². The van der Waals surface area contributed by atoms with Crippen LogP contribution in [-0.2, 0) is 6.18 Å². The number of nitrogens with one attached hydrogen (secondary N) is 2. The predicted octanol–water partition coefficient (Wildman–Crippen LogP) is 5.34. The van der Waals surface area contributed by atoms with E-state index in [-0.39, 0.29) is 6.29 Å². The second-order valence-corrected chi connectivity index (χ2v) is 10.6. The zero-order valence-corrected chi connectivity index (χ0v) is 21.9. The van der Waals surface area contributed by atoms with Crippen LogP contribution >= 0.6 is 0 Å². The van der Waals surface area contributed by atoms with Crippen molar-refractivity contribution in [1.29, 1.82) is 0 Å². The minimum Gasteiger partial charge on any atom is -0.371 e. The molecule has 1 saturated heterocycles. The SMILES string of the molecule is CN(C)C1N=CN(c2ccc(Nc3nccc(-c4cc(N5CCC6CC6CC5)cc(C(F)(F)F)c4)n3)cc2)N1. The Kier molecular flexibility index (Phi) is 6.64. The highest BCUT2D eigenvalue weighted by atomic mass is 19.4. The van der Waals surface area contributed by atoms with Crippen molar-refractivity contribution in [3.05, 3.63) is 60.3 Å². The predicted molar refractivity (Wildman–Crippen MR) is 147 cm³/mol. The number of rotatable bonds is 6. The first-order valence-electron chi connectivity index (χ1n) is 13.2. The average molecular weight is 537 g/mol. The third-order valence-corrected chi connectivity index (χ3v) is 7.64. The molecule has 1 aliphatic carbocycles. The van der Waals surface area contributed by atoms with Crippen LogP contribution in [0, 0.1) is 11.8 Å². The smallest absolute Gasteiger partial charge is 0.371 e. The first-order valence-corrected chi connectivity index (χ1v) is 13.2. The molecular formula is C28H31F3N8. The largest absolute Gasteiger partial charge is 0.416 e. The van der Waals surface area contributed by atoms with E-state index >= 15 is 0 Å². The van der Waals surface area contributed by atoms with Gasteiger partial charge in [-0.05, 0) is 93.7 Å². The summed E-state index contributed by atoms with van der Waals surface area (Å²) in [5.41, 5.74) is 5.71. The van der Waals surface area contributed by atoms with Gasteiger partial charge in [0.05, 0.1) is 16.9 Å². The molecule has 1 aromatic heterocycles. The molecule has 8 nitrogen and oxygen atoms in total. The van der Waals surface area contributed by atoms with E-state index in [1.807, 2.05) is 54.3 Å². The standard InChI is InChI=1S/C28H31F3N8/c1-37(2)27-33-17-39(36-27)23-5-3-22(4-6-23)34-26-32-10-7-25(35-26)20-14-21(28(29,30)31)16-24(15-20)38-11-8-18-13-19(18)9-12-38/h3-7,10,14-19,27,36H,8-9,11-13H2,1-2H3,(H,32,34,35). The van der Waals surface area contributed by atoms with E-state index in [2.05, 4.69) is 30.6 Å². The molecule has 39 heavy (non-hydrogen) atoms. The van der Waals surface area contributed by atoms with Crippen molar-refractivity contribution in [2.75, 3.05) is 42.4 Å². The molecule has 0 bridgehead atoms. The van der Waals surface area contributed by atoms with Crippen molar-refractivity contribution in [2.24, 2.45) is 16.8 Å². The molecule has 2 aromatic carbocycles. The van der Waals surface area contributed by atoms with Gasteiger partial charge in [-0.2, -0.15) is 18.6 Å². The summed E-state index contributed by atoms with van der Waals surface area (Å²) < 4.78 is 41.6. The van der Waals surface area contributed by atoms with Gasteiger partial charge in [-0.15, -0.1) is 0 Å². The molecule has 0 radical (unpaired) electrons. The molecule has 3 aliphatic rings. The molecule has 2 N–H and O–H groups in total. The van der Waals surface area contributed by atoms with Crippen LogP contribution in [0.3, 0.4) is 0 Å². The molecule has 3 aromatic rings. The number of halogens is 3. The van der Waals surface area contributed by atoms with Gasteiger partial charge in [0.15, 0.2) is 6.29 Å². The summed E-state index contributed by atoms with van der Waals surface area (Å²) in [6.07, 6.45) is 2.06. The Bertz CT molecular complexity index is 1350. The zero-order chi connectivity index (χ0) is 27.1. The lowest BCUT2D eigenvalue weighted by molar-refractivity contribution is -0.137. The van der Waals surface area contributed by atoms with Crippen LogP contribution in [0.4, 0.5) is 36.2 Å². The van der Waals surface area contributed by atoms with Gasteiger partial charge >= 0.3 is 6.18 Å². The van der Waals surface area contributed by atoms with Gasteiger partial charge in [0.2, 0.25) is 5.95 Å². The maximum absolute atomic E-state index is 13.9. The summed E-state index contributed by atoms with van der Waals surface area (Å²) >= 11 is 0. The van der Waals surface area contributed by atoms with Crippen LogP contribution in [0.5, 0.6) is 0 Å². The summed E-state index contributed by atoms with van der Waals surface area (Å²) in [5.74, 6) is 1.78. The van der Waals surface area contributed by atoms with E-state index in [0.29, 0.717) is 22.9 Å². The summed E-state index contributed by atoms with van der Waals surface area (Å²) in [5, 5.41) is 5.00. The van der Waals surface area contributed by atoms with Crippen molar-refractivity contribution in [1.82, 2.24) is 20.3 Å². The quantitative estimate of drug-likeness (QED) is 0.441. The van der Waals surface area contributed by atoms with Crippen LogP contribution in [-0.4, -0.2) is 54.7 Å². The number of hydrazine groups is 1. The average Bonchev–Trinajstić information content (AvgIpc) is 3.53. The third-order valence-electron chi connectivity index (χ3n) is 7.64. The number of aliphatic imine (C=N–C) groups is 1. The minimum atomic E-state index is -4.45. The van der Waals surface area contributed by atoms with E-state index in [9.17, 15) is 13.2 Å². The molecule has 6 rings (SSSR count). The van der Waals surface area contributed by atoms with Crippen LogP contribution in [0.1, 0.15) is 24.8 Å². The number of fused-ring (bicyclic) bond motifs is 1. The van der Waals surface area contributed by atoms with Gasteiger partial charge in [-0.25, -0.2) is 15.0 Å². The number of anilines is 4. The molecule has 204 valence electrons. The van der Waals surface area contributed by atoms with Crippen molar-refractivity contribution >= 4 is 29.3 Å². The molecule has 11 heteroatoms. The van der Waals surface area contributed by atoms with Crippen LogP contribution in [0.15, 0.2) is 59.7 Å². The van der Waals surface area contributed by atoms with Crippen molar-refractivity contribution < 1.29 is 13.2 Å². The highest BCUT2D eigenvalue weighted by Gasteiger charge is 2.39. The Hall–Kier alpha value is -3.70. The molecule has 2 fully saturated rings. The molecular weight excluding hydrogens is 505 g/mol. The first kappa shape index (κ1) is 25.6. The number of hydrogen-bond acceptors (Lipinski definition) is 8. The van der Waals surface area contributed by atoms with Gasteiger partial charge in [-0.1, -0.05) is 0 Å². The Morgan fingerprint density at radius 2 is 1.72 bits per heavy atom. The second-order valence-electron chi connectivity index (χ2n) is 10.6. The first-order chi connectivity index (χ1) is 18.7. The molecule has 3 heterocycles. The monoisotopic (exact) mass is 536 g/mol. The topological polar surface area (TPSA) is 71.9 Å². The lowest BCUT2D eigenvalue weighted by Gasteiger charge is -2.25. The van der Waals surface area contributed by atoms with Gasteiger partial charge in [0.1, 0.15) is 6.34 Å². The zero-order valence-electron chi connectivity index (χ0n) is 21.9. The van der Waals surface area contributed by atoms with E-state index in [1.54, 1.807) is 18.6 Å². The van der Waals surface area contributed by atoms with Crippen molar-refractivity contribution in [2.45, 2.75) is 31.7 Å². The fourth-order valence-corrected chi connectivity index (χ4v) is 5.26. The number of nitrogens with zero attached hydrogens (tertiary/aromatic N) is 6. The number of alkyl halides is 3. The van der Waals surface area contributed by atoms with E-state index in [0.717, 1.165) is 49.1 Å². The highest BCUT2D eigenvalue weighted by molar-refractivity contribution is 5.80. The number of aromatic nitrogens is 2. The van der Waals surface area contributed by atoms with Crippen LogP contribution in [0.2, 0.25) is 0 Å². The Labute approximate surface area is 225 Å². The van der Waals surface area contributed by atoms with Gasteiger partial charge < -0.3 is 10.2 Å². The fourth-order valence-electron chi connectivity index (χ4n) is 5.26. The Morgan fingerprint density at radius 1 is 0.974 bits per heavy atom. The van der Waals surface area contributed by atoms with Gasteiger partial charge in [0.25, 0.3) is 0 Å². The van der Waals surface area contributed by atoms with Crippen molar-refractivity contribution in [3.8, 4) is 11.3 Å². The second kappa shape index (κ2) is 10.1. The summed E-state index contributed by atoms with van der Waals surface area (Å²) in [6.45, 7) is 1.56. The Morgan fingerprint density at radius 3 is 2.38 bits per heavy atom. The summed E-state index contributed by atoms with van der Waals surface area (Å²) in [4.78, 5) is 17.3. The molecule has 0 amide bonds. The Balaban J connectivity index is 1.21. The molecule has 2 aliphatic heterocycles. The molecule has 3 atom stereocenters. The van der Waals surface area contributed by atoms with Crippen LogP contribution < -0.4 is 20.7 Å². The molecule has 0 spiro atoms. The number of benzene rings is 2. The molecule has 1 saturated carbocycles. The van der Waals surface area contributed by atoms with Crippen molar-refractivity contribution in [3.63, 3.8) is 0 Å². The maximum atomic E-state index is 13.9. The molecule has 3 unspecified atom stereocenters. The summed E-state index contributed by atoms with van der Waals surface area (Å²) in [7, 11) is 3.88. The van der Waals surface area contributed by atoms with E-state index < -0.39 is 11.7 Å². The van der Waals surface area contributed by atoms with Gasteiger partial charge in [-0.3, -0.25) is 9.91 Å². The van der Waals surface area contributed by atoms with Crippen LogP contribution in [0.25, 0.3) is 11.3 Å². The minimum absolute atomic E-state index is 0.125. The highest BCUT2D eigenvalue weighted by Crippen LogP contribution is 2.46. The normalized spacial score (nSPS) is 22.7. The van der Waals surface area contributed by atoms with E-state index in [1.165, 1.54) is 18.6 Å². The third kappa shape index (κ3) is 5.69. The maximum Gasteiger partial charge on any atom is 0.416 e. The number of hydrogen-bond donors (Lipinski definition) is 2. The summed E-state index contributed by atoms with van der Waals surface area (Å²) in [6, 6.07) is 13.5. The fraction of sp³-hybridized carbons (Fsp3) is 0.393.